The first-order valence-corrected chi connectivity index (χ1v) is 8.47. The van der Waals surface area contributed by atoms with Gasteiger partial charge in [-0.1, -0.05) is 18.2 Å². The van der Waals surface area contributed by atoms with Gasteiger partial charge in [0.15, 0.2) is 0 Å². The van der Waals surface area contributed by atoms with E-state index in [1.807, 2.05) is 0 Å². The third kappa shape index (κ3) is 3.09. The van der Waals surface area contributed by atoms with Crippen LogP contribution < -0.4 is 5.32 Å². The molecule has 0 saturated carbocycles. The van der Waals surface area contributed by atoms with Crippen LogP contribution in [0.2, 0.25) is 0 Å². The summed E-state index contributed by atoms with van der Waals surface area (Å²) in [7, 11) is 0. The largest absolute Gasteiger partial charge is 0.382 e. The van der Waals surface area contributed by atoms with Gasteiger partial charge in [0.1, 0.15) is 0 Å². The molecule has 1 spiro atoms. The molecule has 2 saturated heterocycles. The Morgan fingerprint density at radius 3 is 2.84 bits per heavy atom. The van der Waals surface area contributed by atoms with E-state index in [2.05, 4.69) is 48.3 Å². The Bertz CT molecular complexity index is 423. The maximum atomic E-state index is 6.15. The molecule has 1 unspecified atom stereocenters. The minimum atomic E-state index is 0.170. The van der Waals surface area contributed by atoms with Gasteiger partial charge >= 0.3 is 0 Å². The summed E-state index contributed by atoms with van der Waals surface area (Å²) < 4.78 is 6.15. The quantitative estimate of drug-likeness (QED) is 0.887. The van der Waals surface area contributed by atoms with Gasteiger partial charge in [-0.25, -0.2) is 0 Å². The third-order valence-corrected chi connectivity index (χ3v) is 5.39. The van der Waals surface area contributed by atoms with Crippen molar-refractivity contribution in [2.45, 2.75) is 44.2 Å². The van der Waals surface area contributed by atoms with Gasteiger partial charge in [0, 0.05) is 18.3 Å². The highest BCUT2D eigenvalue weighted by Crippen LogP contribution is 2.38. The number of thioether (sulfide) groups is 1. The summed E-state index contributed by atoms with van der Waals surface area (Å²) >= 11 is 2.07. The van der Waals surface area contributed by atoms with Crippen LogP contribution in [0.1, 0.15) is 31.2 Å². The second-order valence-corrected chi connectivity index (χ2v) is 7.02. The zero-order chi connectivity index (χ0) is 13.1. The van der Waals surface area contributed by atoms with Crippen molar-refractivity contribution in [2.24, 2.45) is 0 Å². The Kier molecular flexibility index (Phi) is 4.04. The summed E-state index contributed by atoms with van der Waals surface area (Å²) in [6, 6.07) is 9.15. The first-order valence-electron chi connectivity index (χ1n) is 7.31. The summed E-state index contributed by atoms with van der Waals surface area (Å²) in [6.07, 6.45) is 4.75. The minimum Gasteiger partial charge on any atom is -0.382 e. The number of hydrogen-bond donors (Lipinski definition) is 1. The molecule has 0 aromatic heterocycles. The predicted molar refractivity (Wildman–Crippen MR) is 83.1 cm³/mol. The summed E-state index contributed by atoms with van der Waals surface area (Å²) in [4.78, 5) is 0. The minimum absolute atomic E-state index is 0.170. The normalized spacial score (nSPS) is 26.3. The lowest BCUT2D eigenvalue weighted by Crippen LogP contribution is -2.46. The number of nitrogens with one attached hydrogen (secondary N) is 1. The molecule has 0 radical (unpaired) electrons. The molecule has 3 rings (SSSR count). The van der Waals surface area contributed by atoms with Crippen molar-refractivity contribution in [3.8, 4) is 0 Å². The van der Waals surface area contributed by atoms with E-state index in [0.29, 0.717) is 6.04 Å². The Labute approximate surface area is 120 Å². The highest BCUT2D eigenvalue weighted by molar-refractivity contribution is 7.99. The van der Waals surface area contributed by atoms with Crippen LogP contribution in [0.3, 0.4) is 0 Å². The Morgan fingerprint density at radius 2 is 2.05 bits per heavy atom. The van der Waals surface area contributed by atoms with E-state index in [1.54, 1.807) is 0 Å². The monoisotopic (exact) mass is 277 g/mol. The fraction of sp³-hybridized carbons (Fsp3) is 0.625. The van der Waals surface area contributed by atoms with Crippen molar-refractivity contribution in [1.82, 2.24) is 0 Å². The SMILES string of the molecule is Cc1ccccc1NC1CCOC2(CCSCC2)C1. The van der Waals surface area contributed by atoms with E-state index >= 15 is 0 Å². The van der Waals surface area contributed by atoms with Crippen LogP contribution in [0.5, 0.6) is 0 Å². The predicted octanol–water partition coefficient (Wildman–Crippen LogP) is 3.85. The molecule has 1 aromatic rings. The summed E-state index contributed by atoms with van der Waals surface area (Å²) in [5.74, 6) is 2.52. The smallest absolute Gasteiger partial charge is 0.0717 e. The lowest BCUT2D eigenvalue weighted by atomic mass is 9.85. The van der Waals surface area contributed by atoms with Crippen LogP contribution in [0.15, 0.2) is 24.3 Å². The molecular formula is C16H23NOS. The summed E-state index contributed by atoms with van der Waals surface area (Å²) in [6.45, 7) is 3.09. The molecule has 1 N–H and O–H groups in total. The van der Waals surface area contributed by atoms with Crippen molar-refractivity contribution in [3.63, 3.8) is 0 Å². The van der Waals surface area contributed by atoms with E-state index in [9.17, 15) is 0 Å². The van der Waals surface area contributed by atoms with Gasteiger partial charge in [0.05, 0.1) is 5.60 Å². The number of para-hydroxylation sites is 1. The van der Waals surface area contributed by atoms with E-state index in [-0.39, 0.29) is 5.60 Å². The number of rotatable bonds is 2. The van der Waals surface area contributed by atoms with Crippen LogP contribution in [0.4, 0.5) is 5.69 Å². The second kappa shape index (κ2) is 5.76. The van der Waals surface area contributed by atoms with Gasteiger partial charge in [0.2, 0.25) is 0 Å². The maximum Gasteiger partial charge on any atom is 0.0717 e. The van der Waals surface area contributed by atoms with Gasteiger partial charge in [-0.15, -0.1) is 0 Å². The maximum absolute atomic E-state index is 6.15. The molecule has 2 nitrogen and oxygen atoms in total. The fourth-order valence-electron chi connectivity index (χ4n) is 3.20. The second-order valence-electron chi connectivity index (χ2n) is 5.79. The molecule has 1 atom stereocenters. The Morgan fingerprint density at radius 1 is 1.26 bits per heavy atom. The van der Waals surface area contributed by atoms with E-state index in [4.69, 9.17) is 4.74 Å². The van der Waals surface area contributed by atoms with Crippen LogP contribution >= 0.6 is 11.8 Å². The van der Waals surface area contributed by atoms with Gasteiger partial charge < -0.3 is 10.1 Å². The molecule has 19 heavy (non-hydrogen) atoms. The van der Waals surface area contributed by atoms with Crippen LogP contribution in [0.25, 0.3) is 0 Å². The molecule has 0 aliphatic carbocycles. The van der Waals surface area contributed by atoms with Gasteiger partial charge in [-0.2, -0.15) is 11.8 Å². The van der Waals surface area contributed by atoms with E-state index in [0.717, 1.165) is 13.0 Å². The molecule has 2 fully saturated rings. The summed E-state index contributed by atoms with van der Waals surface area (Å²) in [5, 5.41) is 3.73. The number of ether oxygens (including phenoxy) is 1. The number of hydrogen-bond acceptors (Lipinski definition) is 3. The van der Waals surface area contributed by atoms with Crippen LogP contribution in [-0.2, 0) is 4.74 Å². The lowest BCUT2D eigenvalue weighted by molar-refractivity contribution is -0.0865. The number of benzene rings is 1. The molecule has 2 heterocycles. The zero-order valence-electron chi connectivity index (χ0n) is 11.7. The zero-order valence-corrected chi connectivity index (χ0v) is 12.5. The van der Waals surface area contributed by atoms with Crippen molar-refractivity contribution < 1.29 is 4.74 Å². The average molecular weight is 277 g/mol. The topological polar surface area (TPSA) is 21.3 Å². The molecule has 0 bridgehead atoms. The Balaban J connectivity index is 1.67. The van der Waals surface area contributed by atoms with Gasteiger partial charge in [-0.05, 0) is 55.7 Å². The molecule has 2 aliphatic rings. The molecule has 3 heteroatoms. The summed E-state index contributed by atoms with van der Waals surface area (Å²) in [5.41, 5.74) is 2.79. The molecule has 0 amide bonds. The lowest BCUT2D eigenvalue weighted by Gasteiger charge is -2.43. The molecule has 1 aromatic carbocycles. The van der Waals surface area contributed by atoms with E-state index < -0.39 is 0 Å². The molecule has 104 valence electrons. The number of anilines is 1. The third-order valence-electron chi connectivity index (χ3n) is 4.40. The van der Waals surface area contributed by atoms with Gasteiger partial charge in [-0.3, -0.25) is 0 Å². The fourth-order valence-corrected chi connectivity index (χ4v) is 4.43. The Hall–Kier alpha value is -0.670. The standard InChI is InChI=1S/C16H23NOS/c1-13-4-2-3-5-15(13)17-14-6-9-18-16(12-14)7-10-19-11-8-16/h2-5,14,17H,6-12H2,1H3. The van der Waals surface area contributed by atoms with E-state index in [1.165, 1.54) is 42.0 Å². The first kappa shape index (κ1) is 13.3. The van der Waals surface area contributed by atoms with Crippen molar-refractivity contribution in [3.05, 3.63) is 29.8 Å². The average Bonchev–Trinajstić information content (AvgIpc) is 2.42. The highest BCUT2D eigenvalue weighted by Gasteiger charge is 2.38. The highest BCUT2D eigenvalue weighted by atomic mass is 32.2. The van der Waals surface area contributed by atoms with Crippen LogP contribution in [-0.4, -0.2) is 29.8 Å². The van der Waals surface area contributed by atoms with Gasteiger partial charge in [0.25, 0.3) is 0 Å². The van der Waals surface area contributed by atoms with Crippen molar-refractivity contribution in [2.75, 3.05) is 23.4 Å². The molecule has 2 aliphatic heterocycles. The van der Waals surface area contributed by atoms with Crippen molar-refractivity contribution in [1.29, 1.82) is 0 Å². The van der Waals surface area contributed by atoms with Crippen molar-refractivity contribution >= 4 is 17.4 Å². The number of aryl methyl sites for hydroxylation is 1. The first-order chi connectivity index (χ1) is 9.27. The van der Waals surface area contributed by atoms with Crippen LogP contribution in [0, 0.1) is 6.92 Å². The molecular weight excluding hydrogens is 254 g/mol.